The summed E-state index contributed by atoms with van der Waals surface area (Å²) in [5, 5.41) is 7.22. The van der Waals surface area contributed by atoms with Crippen molar-refractivity contribution in [3.05, 3.63) is 23.2 Å². The molecule has 108 valence electrons. The second-order valence-corrected chi connectivity index (χ2v) is 5.75. The van der Waals surface area contributed by atoms with Gasteiger partial charge in [-0.1, -0.05) is 22.9 Å². The number of carbonyl (C=O) groups excluding carboxylic acids is 1. The molecule has 1 unspecified atom stereocenters. The van der Waals surface area contributed by atoms with E-state index in [2.05, 4.69) is 15.6 Å². The fraction of sp³-hybridized carbons (Fsp3) is 0.385. The zero-order chi connectivity index (χ0) is 14.5. The maximum absolute atomic E-state index is 11.8. The quantitative estimate of drug-likeness (QED) is 0.804. The summed E-state index contributed by atoms with van der Waals surface area (Å²) in [6.07, 6.45) is 0. The average Bonchev–Trinajstić information content (AvgIpc) is 2.80. The Morgan fingerprint density at radius 1 is 1.55 bits per heavy atom. The van der Waals surface area contributed by atoms with E-state index in [0.29, 0.717) is 23.3 Å². The molecule has 1 amide bonds. The summed E-state index contributed by atoms with van der Waals surface area (Å²) in [7, 11) is 1.60. The lowest BCUT2D eigenvalue weighted by molar-refractivity contribution is -0.121. The second-order valence-electron chi connectivity index (χ2n) is 4.28. The van der Waals surface area contributed by atoms with Gasteiger partial charge in [0.15, 0.2) is 5.13 Å². The number of carbonyl (C=O) groups is 1. The van der Waals surface area contributed by atoms with E-state index < -0.39 is 0 Å². The van der Waals surface area contributed by atoms with Crippen LogP contribution in [0.25, 0.3) is 10.2 Å². The number of aromatic nitrogens is 1. The number of amides is 1. The molecule has 20 heavy (non-hydrogen) atoms. The fourth-order valence-corrected chi connectivity index (χ4v) is 2.74. The molecule has 2 N–H and O–H groups in total. The predicted molar refractivity (Wildman–Crippen MR) is 82.6 cm³/mol. The summed E-state index contributed by atoms with van der Waals surface area (Å²) in [5.74, 6) is -0.0839. The van der Waals surface area contributed by atoms with Crippen molar-refractivity contribution >= 4 is 44.2 Å². The number of nitrogens with one attached hydrogen (secondary N) is 2. The Bertz CT molecular complexity index is 602. The van der Waals surface area contributed by atoms with Crippen LogP contribution in [0.1, 0.15) is 6.92 Å². The second kappa shape index (κ2) is 6.88. The number of nitrogens with zero attached hydrogens (tertiary/aromatic N) is 1. The molecule has 7 heteroatoms. The Hall–Kier alpha value is -1.37. The lowest BCUT2D eigenvalue weighted by atomic mass is 10.3. The summed E-state index contributed by atoms with van der Waals surface area (Å²) in [4.78, 5) is 16.2. The Morgan fingerprint density at radius 2 is 2.35 bits per heavy atom. The minimum Gasteiger partial charge on any atom is -0.383 e. The number of thiazole rings is 1. The summed E-state index contributed by atoms with van der Waals surface area (Å²) in [6, 6.07) is 5.20. The largest absolute Gasteiger partial charge is 0.383 e. The van der Waals surface area contributed by atoms with Crippen molar-refractivity contribution in [1.82, 2.24) is 10.3 Å². The van der Waals surface area contributed by atoms with Gasteiger partial charge in [-0.3, -0.25) is 4.79 Å². The molecule has 5 nitrogen and oxygen atoms in total. The van der Waals surface area contributed by atoms with Crippen LogP contribution in [0.15, 0.2) is 18.2 Å². The van der Waals surface area contributed by atoms with Crippen molar-refractivity contribution in [2.45, 2.75) is 13.0 Å². The molecule has 1 heterocycles. The lowest BCUT2D eigenvalue weighted by Crippen LogP contribution is -2.38. The van der Waals surface area contributed by atoms with E-state index in [1.54, 1.807) is 14.0 Å². The van der Waals surface area contributed by atoms with Gasteiger partial charge in [-0.2, -0.15) is 0 Å². The van der Waals surface area contributed by atoms with Gasteiger partial charge in [0.05, 0.1) is 16.8 Å². The van der Waals surface area contributed by atoms with Gasteiger partial charge in [0, 0.05) is 18.7 Å². The first-order chi connectivity index (χ1) is 9.60. The highest BCUT2D eigenvalue weighted by atomic mass is 35.5. The highest BCUT2D eigenvalue weighted by molar-refractivity contribution is 7.22. The van der Waals surface area contributed by atoms with E-state index in [9.17, 15) is 4.79 Å². The minimum absolute atomic E-state index is 0.0839. The molecular formula is C13H16ClN3O2S. The molecule has 1 aromatic heterocycles. The zero-order valence-corrected chi connectivity index (χ0v) is 12.8. The van der Waals surface area contributed by atoms with Crippen LogP contribution in [0.3, 0.4) is 0 Å². The van der Waals surface area contributed by atoms with Crippen LogP contribution >= 0.6 is 22.9 Å². The van der Waals surface area contributed by atoms with Crippen molar-refractivity contribution in [1.29, 1.82) is 0 Å². The molecule has 2 aromatic rings. The third kappa shape index (κ3) is 3.82. The molecule has 2 rings (SSSR count). The first-order valence-electron chi connectivity index (χ1n) is 6.19. The van der Waals surface area contributed by atoms with Crippen LogP contribution in [-0.4, -0.2) is 37.2 Å². The van der Waals surface area contributed by atoms with Gasteiger partial charge in [0.25, 0.3) is 0 Å². The SMILES string of the molecule is COCCNC(=O)C(C)Nc1nc2cc(Cl)ccc2s1. The van der Waals surface area contributed by atoms with Crippen molar-refractivity contribution in [3.8, 4) is 0 Å². The van der Waals surface area contributed by atoms with Gasteiger partial charge in [-0.25, -0.2) is 4.98 Å². The number of rotatable bonds is 6. The summed E-state index contributed by atoms with van der Waals surface area (Å²) in [6.45, 7) is 2.79. The number of benzene rings is 1. The number of halogens is 1. The maximum Gasteiger partial charge on any atom is 0.242 e. The Labute approximate surface area is 126 Å². The van der Waals surface area contributed by atoms with Crippen molar-refractivity contribution < 1.29 is 9.53 Å². The molecule has 0 aliphatic rings. The van der Waals surface area contributed by atoms with Gasteiger partial charge >= 0.3 is 0 Å². The van der Waals surface area contributed by atoms with Crippen LogP contribution < -0.4 is 10.6 Å². The van der Waals surface area contributed by atoms with Gasteiger partial charge < -0.3 is 15.4 Å². The van der Waals surface area contributed by atoms with E-state index >= 15 is 0 Å². The van der Waals surface area contributed by atoms with Gasteiger partial charge in [0.1, 0.15) is 6.04 Å². The van der Waals surface area contributed by atoms with Crippen molar-refractivity contribution in [2.24, 2.45) is 0 Å². The molecule has 1 aromatic carbocycles. The van der Waals surface area contributed by atoms with Crippen LogP contribution in [0.4, 0.5) is 5.13 Å². The van der Waals surface area contributed by atoms with E-state index in [4.69, 9.17) is 16.3 Å². The first kappa shape index (κ1) is 15.0. The summed E-state index contributed by atoms with van der Waals surface area (Å²) >= 11 is 7.42. The minimum atomic E-state index is -0.358. The fourth-order valence-electron chi connectivity index (χ4n) is 1.64. The Kier molecular flexibility index (Phi) is 5.17. The molecule has 0 fully saturated rings. The van der Waals surface area contributed by atoms with E-state index in [0.717, 1.165) is 10.2 Å². The highest BCUT2D eigenvalue weighted by Gasteiger charge is 2.14. The standard InChI is InChI=1S/C13H16ClN3O2S/c1-8(12(18)15-5-6-19-2)16-13-17-10-7-9(14)3-4-11(10)20-13/h3-4,7-8H,5-6H2,1-2H3,(H,15,18)(H,16,17). The molecule has 0 saturated carbocycles. The number of hydrogen-bond donors (Lipinski definition) is 2. The van der Waals surface area contributed by atoms with Gasteiger partial charge in [-0.15, -0.1) is 0 Å². The molecule has 0 radical (unpaired) electrons. The molecule has 0 spiro atoms. The number of hydrogen-bond acceptors (Lipinski definition) is 5. The monoisotopic (exact) mass is 313 g/mol. The molecule has 0 bridgehead atoms. The first-order valence-corrected chi connectivity index (χ1v) is 7.39. The number of methoxy groups -OCH3 is 1. The number of ether oxygens (including phenoxy) is 1. The Balaban J connectivity index is 1.98. The smallest absolute Gasteiger partial charge is 0.242 e. The van der Waals surface area contributed by atoms with E-state index in [1.807, 2.05) is 18.2 Å². The molecule has 0 saturated heterocycles. The van der Waals surface area contributed by atoms with E-state index in [-0.39, 0.29) is 11.9 Å². The summed E-state index contributed by atoms with van der Waals surface area (Å²) in [5.41, 5.74) is 0.831. The topological polar surface area (TPSA) is 63.2 Å². The molecule has 0 aliphatic heterocycles. The molecule has 0 aliphatic carbocycles. The molecular weight excluding hydrogens is 298 g/mol. The number of anilines is 1. The maximum atomic E-state index is 11.8. The predicted octanol–water partition coefficient (Wildman–Crippen LogP) is 2.51. The van der Waals surface area contributed by atoms with Crippen molar-refractivity contribution in [3.63, 3.8) is 0 Å². The lowest BCUT2D eigenvalue weighted by Gasteiger charge is -2.12. The molecule has 1 atom stereocenters. The van der Waals surface area contributed by atoms with Gasteiger partial charge in [0.2, 0.25) is 5.91 Å². The third-order valence-corrected chi connectivity index (χ3v) is 3.89. The van der Waals surface area contributed by atoms with Crippen molar-refractivity contribution in [2.75, 3.05) is 25.6 Å². The summed E-state index contributed by atoms with van der Waals surface area (Å²) < 4.78 is 5.91. The van der Waals surface area contributed by atoms with Crippen LogP contribution in [0, 0.1) is 0 Å². The Morgan fingerprint density at radius 3 is 3.10 bits per heavy atom. The highest BCUT2D eigenvalue weighted by Crippen LogP contribution is 2.28. The van der Waals surface area contributed by atoms with Crippen LogP contribution in [0.2, 0.25) is 5.02 Å². The normalized spacial score (nSPS) is 12.3. The zero-order valence-electron chi connectivity index (χ0n) is 11.3. The van der Waals surface area contributed by atoms with E-state index in [1.165, 1.54) is 11.3 Å². The van der Waals surface area contributed by atoms with Crippen LogP contribution in [0.5, 0.6) is 0 Å². The average molecular weight is 314 g/mol. The van der Waals surface area contributed by atoms with Crippen LogP contribution in [-0.2, 0) is 9.53 Å². The number of fused-ring (bicyclic) bond motifs is 1. The van der Waals surface area contributed by atoms with Gasteiger partial charge in [-0.05, 0) is 25.1 Å². The third-order valence-electron chi connectivity index (χ3n) is 2.69.